The molecule has 1 aliphatic heterocycles. The lowest BCUT2D eigenvalue weighted by Gasteiger charge is -2.33. The zero-order valence-electron chi connectivity index (χ0n) is 14.1. The minimum Gasteiger partial charge on any atom is -0.478 e. The summed E-state index contributed by atoms with van der Waals surface area (Å²) < 4.78 is 43.0. The number of benzene rings is 1. The summed E-state index contributed by atoms with van der Waals surface area (Å²) in [5.41, 5.74) is -1.12. The molecule has 1 amide bonds. The van der Waals surface area contributed by atoms with Crippen molar-refractivity contribution in [1.29, 1.82) is 0 Å². The third-order valence-electron chi connectivity index (χ3n) is 3.99. The third-order valence-corrected chi connectivity index (χ3v) is 5.29. The van der Waals surface area contributed by atoms with Crippen LogP contribution < -0.4 is 10.1 Å². The molecule has 0 spiro atoms. The van der Waals surface area contributed by atoms with E-state index in [0.29, 0.717) is 31.7 Å². The molecular formula is C16H23FN2O4S. The Bertz CT molecular complexity index is 681. The molecule has 134 valence electrons. The van der Waals surface area contributed by atoms with Crippen LogP contribution in [0.15, 0.2) is 24.3 Å². The number of sulfonamides is 1. The van der Waals surface area contributed by atoms with E-state index in [2.05, 4.69) is 5.32 Å². The fourth-order valence-corrected chi connectivity index (χ4v) is 3.41. The predicted molar refractivity (Wildman–Crippen MR) is 88.7 cm³/mol. The number of nitrogens with one attached hydrogen (secondary N) is 1. The lowest BCUT2D eigenvalue weighted by Crippen LogP contribution is -2.53. The number of amides is 1. The van der Waals surface area contributed by atoms with Crippen molar-refractivity contribution in [2.45, 2.75) is 38.3 Å². The summed E-state index contributed by atoms with van der Waals surface area (Å²) in [7, 11) is -3.19. The van der Waals surface area contributed by atoms with E-state index in [-0.39, 0.29) is 17.8 Å². The monoisotopic (exact) mass is 358 g/mol. The minimum atomic E-state index is -3.19. The average molecular weight is 358 g/mol. The highest BCUT2D eigenvalue weighted by molar-refractivity contribution is 7.88. The van der Waals surface area contributed by atoms with Gasteiger partial charge in [-0.15, -0.1) is 0 Å². The second kappa shape index (κ2) is 7.06. The standard InChI is InChI=1S/C16H23FN2O4S/c1-16(2,23-14-6-4-12(17)5-7-14)15(20)18-13-8-10-19(11-9-13)24(3,21)22/h4-7,13H,8-11H2,1-3H3,(H,18,20). The van der Waals surface area contributed by atoms with Crippen molar-refractivity contribution in [1.82, 2.24) is 9.62 Å². The molecule has 8 heteroatoms. The van der Waals surface area contributed by atoms with Crippen molar-refractivity contribution in [2.24, 2.45) is 0 Å². The Morgan fingerprint density at radius 2 is 1.79 bits per heavy atom. The van der Waals surface area contributed by atoms with Gasteiger partial charge in [-0.1, -0.05) is 0 Å². The van der Waals surface area contributed by atoms with Gasteiger partial charge in [0.25, 0.3) is 5.91 Å². The summed E-state index contributed by atoms with van der Waals surface area (Å²) in [5, 5.41) is 2.90. The first-order valence-corrected chi connectivity index (χ1v) is 9.63. The zero-order valence-corrected chi connectivity index (χ0v) is 14.9. The SMILES string of the molecule is CC(C)(Oc1ccc(F)cc1)C(=O)NC1CCN(S(C)(=O)=O)CC1. The molecule has 0 aromatic heterocycles. The Balaban J connectivity index is 1.90. The molecule has 2 rings (SSSR count). The van der Waals surface area contributed by atoms with Crippen molar-refractivity contribution < 1.29 is 22.3 Å². The zero-order chi connectivity index (χ0) is 18.0. The largest absolute Gasteiger partial charge is 0.478 e. The molecule has 1 heterocycles. The maximum atomic E-state index is 12.9. The Labute approximate surface area is 142 Å². The van der Waals surface area contributed by atoms with Gasteiger partial charge < -0.3 is 10.1 Å². The molecule has 1 N–H and O–H groups in total. The maximum Gasteiger partial charge on any atom is 0.263 e. The number of nitrogens with zero attached hydrogens (tertiary/aromatic N) is 1. The van der Waals surface area contributed by atoms with Gasteiger partial charge in [0.2, 0.25) is 10.0 Å². The van der Waals surface area contributed by atoms with Crippen LogP contribution in [0.2, 0.25) is 0 Å². The van der Waals surface area contributed by atoms with E-state index < -0.39 is 15.6 Å². The van der Waals surface area contributed by atoms with E-state index in [4.69, 9.17) is 4.74 Å². The number of carbonyl (C=O) groups excluding carboxylic acids is 1. The molecule has 24 heavy (non-hydrogen) atoms. The number of ether oxygens (including phenoxy) is 1. The summed E-state index contributed by atoms with van der Waals surface area (Å²) in [4.78, 5) is 12.4. The first-order chi connectivity index (χ1) is 11.1. The quantitative estimate of drug-likeness (QED) is 0.866. The number of piperidine rings is 1. The first-order valence-electron chi connectivity index (χ1n) is 7.78. The van der Waals surface area contributed by atoms with Gasteiger partial charge in [-0.2, -0.15) is 0 Å². The smallest absolute Gasteiger partial charge is 0.263 e. The second-order valence-corrected chi connectivity index (χ2v) is 8.46. The van der Waals surface area contributed by atoms with E-state index in [1.165, 1.54) is 34.8 Å². The molecule has 1 aromatic rings. The normalized spacial score (nSPS) is 17.5. The minimum absolute atomic E-state index is 0.0911. The van der Waals surface area contributed by atoms with Gasteiger partial charge in [0.15, 0.2) is 5.60 Å². The van der Waals surface area contributed by atoms with Crippen LogP contribution in [0.3, 0.4) is 0 Å². The van der Waals surface area contributed by atoms with E-state index >= 15 is 0 Å². The van der Waals surface area contributed by atoms with Gasteiger partial charge in [0.1, 0.15) is 11.6 Å². The molecule has 0 atom stereocenters. The molecular weight excluding hydrogens is 335 g/mol. The number of hydrogen-bond donors (Lipinski definition) is 1. The lowest BCUT2D eigenvalue weighted by atomic mass is 10.0. The molecule has 0 radical (unpaired) electrons. The Kier molecular flexibility index (Phi) is 5.49. The Hall–Kier alpha value is -1.67. The van der Waals surface area contributed by atoms with E-state index in [1.54, 1.807) is 13.8 Å². The van der Waals surface area contributed by atoms with Crippen LogP contribution in [0.1, 0.15) is 26.7 Å². The Morgan fingerprint density at radius 3 is 2.29 bits per heavy atom. The van der Waals surface area contributed by atoms with Crippen molar-refractivity contribution in [2.75, 3.05) is 19.3 Å². The third kappa shape index (κ3) is 4.91. The van der Waals surface area contributed by atoms with E-state index in [0.717, 1.165) is 0 Å². The Morgan fingerprint density at radius 1 is 1.25 bits per heavy atom. The van der Waals surface area contributed by atoms with Crippen LogP contribution in [0.5, 0.6) is 5.75 Å². The predicted octanol–water partition coefficient (Wildman–Crippen LogP) is 1.52. The van der Waals surface area contributed by atoms with Crippen molar-refractivity contribution in [3.05, 3.63) is 30.1 Å². The van der Waals surface area contributed by atoms with Gasteiger partial charge in [-0.05, 0) is 51.0 Å². The number of halogens is 1. The topological polar surface area (TPSA) is 75.7 Å². The van der Waals surface area contributed by atoms with Crippen LogP contribution >= 0.6 is 0 Å². The average Bonchev–Trinajstić information content (AvgIpc) is 2.49. The van der Waals surface area contributed by atoms with Crippen LogP contribution in [-0.4, -0.2) is 49.6 Å². The van der Waals surface area contributed by atoms with E-state index in [9.17, 15) is 17.6 Å². The summed E-state index contributed by atoms with van der Waals surface area (Å²) >= 11 is 0. The maximum absolute atomic E-state index is 12.9. The van der Waals surface area contributed by atoms with Gasteiger partial charge in [-0.3, -0.25) is 4.79 Å². The molecule has 1 aromatic carbocycles. The highest BCUT2D eigenvalue weighted by Crippen LogP contribution is 2.20. The fraction of sp³-hybridized carbons (Fsp3) is 0.562. The van der Waals surface area contributed by atoms with Crippen molar-refractivity contribution in [3.63, 3.8) is 0 Å². The van der Waals surface area contributed by atoms with Gasteiger partial charge in [0.05, 0.1) is 6.26 Å². The summed E-state index contributed by atoms with van der Waals surface area (Å²) in [6.45, 7) is 4.06. The number of carbonyl (C=O) groups is 1. The van der Waals surface area contributed by atoms with Gasteiger partial charge in [-0.25, -0.2) is 17.1 Å². The molecule has 1 fully saturated rings. The molecule has 0 bridgehead atoms. The van der Waals surface area contributed by atoms with Crippen LogP contribution in [0.4, 0.5) is 4.39 Å². The number of rotatable bonds is 5. The fourth-order valence-electron chi connectivity index (χ4n) is 2.53. The van der Waals surface area contributed by atoms with Gasteiger partial charge >= 0.3 is 0 Å². The van der Waals surface area contributed by atoms with Crippen LogP contribution in [0, 0.1) is 5.82 Å². The first kappa shape index (κ1) is 18.7. The molecule has 0 saturated carbocycles. The number of hydrogen-bond acceptors (Lipinski definition) is 4. The highest BCUT2D eigenvalue weighted by atomic mass is 32.2. The van der Waals surface area contributed by atoms with Gasteiger partial charge in [0, 0.05) is 19.1 Å². The molecule has 0 aliphatic carbocycles. The summed E-state index contributed by atoms with van der Waals surface area (Å²) in [5.74, 6) is -0.254. The molecule has 6 nitrogen and oxygen atoms in total. The van der Waals surface area contributed by atoms with E-state index in [1.807, 2.05) is 0 Å². The molecule has 1 saturated heterocycles. The van der Waals surface area contributed by atoms with Crippen LogP contribution in [0.25, 0.3) is 0 Å². The summed E-state index contributed by atoms with van der Waals surface area (Å²) in [6, 6.07) is 5.38. The molecule has 0 unspecified atom stereocenters. The van der Waals surface area contributed by atoms with Crippen LogP contribution in [-0.2, 0) is 14.8 Å². The van der Waals surface area contributed by atoms with Crippen molar-refractivity contribution >= 4 is 15.9 Å². The molecule has 1 aliphatic rings. The lowest BCUT2D eigenvalue weighted by molar-refractivity contribution is -0.135. The van der Waals surface area contributed by atoms with Crippen molar-refractivity contribution in [3.8, 4) is 5.75 Å². The second-order valence-electron chi connectivity index (χ2n) is 6.48. The summed E-state index contributed by atoms with van der Waals surface area (Å²) in [6.07, 6.45) is 2.31. The highest BCUT2D eigenvalue weighted by Gasteiger charge is 2.33.